The normalized spacial score (nSPS) is 11.1. The number of benzene rings is 1. The van der Waals surface area contributed by atoms with Crippen LogP contribution in [0.15, 0.2) is 28.7 Å². The molecule has 0 atom stereocenters. The number of halogens is 1. The Kier molecular flexibility index (Phi) is 5.24. The van der Waals surface area contributed by atoms with Gasteiger partial charge in [-0.3, -0.25) is 9.59 Å². The average molecular weight is 367 g/mol. The Morgan fingerprint density at radius 1 is 1.32 bits per heavy atom. The van der Waals surface area contributed by atoms with E-state index in [-0.39, 0.29) is 24.8 Å². The topological polar surface area (TPSA) is 73.4 Å². The second kappa shape index (κ2) is 6.96. The monoisotopic (exact) mass is 366 g/mol. The van der Waals surface area contributed by atoms with E-state index < -0.39 is 5.97 Å². The Labute approximate surface area is 137 Å². The second-order valence-electron chi connectivity index (χ2n) is 5.70. The number of aromatic amines is 1. The molecule has 0 spiro atoms. The molecule has 1 aromatic carbocycles. The van der Waals surface area contributed by atoms with Gasteiger partial charge in [0.25, 0.3) is 5.91 Å². The maximum atomic E-state index is 12.6. The molecule has 2 aromatic rings. The van der Waals surface area contributed by atoms with E-state index in [0.29, 0.717) is 12.2 Å². The Morgan fingerprint density at radius 2 is 2.05 bits per heavy atom. The number of nitrogens with zero attached hydrogens (tertiary/aromatic N) is 1. The first kappa shape index (κ1) is 16.5. The standard InChI is InChI=1S/C16H19BrN2O3/c1-10(2)9-19(6-5-15(20)21)16(22)14-8-11-7-12(17)3-4-13(11)18-14/h3-4,7-8,10,18H,5-6,9H2,1-2H3,(H,20,21). The molecule has 2 rings (SSSR count). The fourth-order valence-electron chi connectivity index (χ4n) is 2.34. The van der Waals surface area contributed by atoms with Gasteiger partial charge >= 0.3 is 5.97 Å². The van der Waals surface area contributed by atoms with Crippen molar-refractivity contribution >= 4 is 38.7 Å². The number of carbonyl (C=O) groups excluding carboxylic acids is 1. The number of fused-ring (bicyclic) bond motifs is 1. The van der Waals surface area contributed by atoms with Crippen LogP contribution >= 0.6 is 15.9 Å². The molecule has 0 aliphatic carbocycles. The van der Waals surface area contributed by atoms with Crippen LogP contribution in [-0.2, 0) is 4.79 Å². The maximum absolute atomic E-state index is 12.6. The van der Waals surface area contributed by atoms with Crippen molar-refractivity contribution in [2.24, 2.45) is 5.92 Å². The molecule has 0 saturated carbocycles. The van der Waals surface area contributed by atoms with Crippen LogP contribution in [0.5, 0.6) is 0 Å². The molecular formula is C16H19BrN2O3. The third-order valence-electron chi connectivity index (χ3n) is 3.28. The van der Waals surface area contributed by atoms with Crippen molar-refractivity contribution in [1.82, 2.24) is 9.88 Å². The molecule has 6 heteroatoms. The van der Waals surface area contributed by atoms with Crippen molar-refractivity contribution < 1.29 is 14.7 Å². The molecule has 1 heterocycles. The number of carbonyl (C=O) groups is 2. The van der Waals surface area contributed by atoms with Gasteiger partial charge in [-0.25, -0.2) is 0 Å². The van der Waals surface area contributed by atoms with Crippen LogP contribution in [0.1, 0.15) is 30.8 Å². The zero-order valence-electron chi connectivity index (χ0n) is 12.6. The Bertz CT molecular complexity index is 694. The molecule has 118 valence electrons. The van der Waals surface area contributed by atoms with E-state index in [9.17, 15) is 9.59 Å². The van der Waals surface area contributed by atoms with Crippen molar-refractivity contribution in [2.75, 3.05) is 13.1 Å². The van der Waals surface area contributed by atoms with Gasteiger partial charge in [-0.05, 0) is 30.2 Å². The fourth-order valence-corrected chi connectivity index (χ4v) is 2.71. The van der Waals surface area contributed by atoms with E-state index in [4.69, 9.17) is 5.11 Å². The highest BCUT2D eigenvalue weighted by atomic mass is 79.9. The summed E-state index contributed by atoms with van der Waals surface area (Å²) in [7, 11) is 0. The third-order valence-corrected chi connectivity index (χ3v) is 3.77. The first-order valence-corrected chi connectivity index (χ1v) is 7.95. The maximum Gasteiger partial charge on any atom is 0.305 e. The van der Waals surface area contributed by atoms with Gasteiger partial charge in [0.15, 0.2) is 0 Å². The number of amides is 1. The third kappa shape index (κ3) is 4.10. The van der Waals surface area contributed by atoms with Crippen molar-refractivity contribution in [3.05, 3.63) is 34.4 Å². The Morgan fingerprint density at radius 3 is 2.68 bits per heavy atom. The number of aliphatic carboxylic acids is 1. The minimum absolute atomic E-state index is 0.0514. The first-order valence-electron chi connectivity index (χ1n) is 7.16. The summed E-state index contributed by atoms with van der Waals surface area (Å²) < 4.78 is 0.947. The zero-order valence-corrected chi connectivity index (χ0v) is 14.2. The summed E-state index contributed by atoms with van der Waals surface area (Å²) in [6.45, 7) is 4.75. The van der Waals surface area contributed by atoms with Crippen LogP contribution in [0.25, 0.3) is 10.9 Å². The lowest BCUT2D eigenvalue weighted by Gasteiger charge is -2.23. The molecule has 2 N–H and O–H groups in total. The van der Waals surface area contributed by atoms with Gasteiger partial charge in [0.2, 0.25) is 0 Å². The lowest BCUT2D eigenvalue weighted by atomic mass is 10.2. The highest BCUT2D eigenvalue weighted by Crippen LogP contribution is 2.21. The van der Waals surface area contributed by atoms with Gasteiger partial charge < -0.3 is 15.0 Å². The number of H-pyrrole nitrogens is 1. The predicted molar refractivity (Wildman–Crippen MR) is 89.0 cm³/mol. The van der Waals surface area contributed by atoms with E-state index in [2.05, 4.69) is 20.9 Å². The molecular weight excluding hydrogens is 348 g/mol. The molecule has 0 radical (unpaired) electrons. The van der Waals surface area contributed by atoms with Gasteiger partial charge in [0.05, 0.1) is 6.42 Å². The number of nitrogens with one attached hydrogen (secondary N) is 1. The Balaban J connectivity index is 2.24. The summed E-state index contributed by atoms with van der Waals surface area (Å²) in [6, 6.07) is 7.55. The second-order valence-corrected chi connectivity index (χ2v) is 6.62. The first-order chi connectivity index (χ1) is 10.4. The molecule has 0 saturated heterocycles. The summed E-state index contributed by atoms with van der Waals surface area (Å²) in [4.78, 5) is 28.1. The number of hydrogen-bond donors (Lipinski definition) is 2. The van der Waals surface area contributed by atoms with E-state index in [1.807, 2.05) is 32.0 Å². The Hall–Kier alpha value is -1.82. The summed E-state index contributed by atoms with van der Waals surface area (Å²) in [5.41, 5.74) is 1.37. The van der Waals surface area contributed by atoms with Crippen LogP contribution in [-0.4, -0.2) is 40.0 Å². The average Bonchev–Trinajstić information content (AvgIpc) is 2.85. The quantitative estimate of drug-likeness (QED) is 0.821. The number of rotatable bonds is 6. The van der Waals surface area contributed by atoms with E-state index in [0.717, 1.165) is 15.4 Å². The van der Waals surface area contributed by atoms with Gasteiger partial charge in [0.1, 0.15) is 5.69 Å². The van der Waals surface area contributed by atoms with Crippen LogP contribution in [0.3, 0.4) is 0 Å². The van der Waals surface area contributed by atoms with Crippen LogP contribution in [0.2, 0.25) is 0 Å². The highest BCUT2D eigenvalue weighted by Gasteiger charge is 2.19. The van der Waals surface area contributed by atoms with Gasteiger partial charge in [-0.15, -0.1) is 0 Å². The number of carboxylic acid groups (broad SMARTS) is 1. The van der Waals surface area contributed by atoms with Crippen molar-refractivity contribution in [2.45, 2.75) is 20.3 Å². The lowest BCUT2D eigenvalue weighted by Crippen LogP contribution is -2.36. The number of carboxylic acids is 1. The van der Waals surface area contributed by atoms with Crippen LogP contribution in [0.4, 0.5) is 0 Å². The van der Waals surface area contributed by atoms with E-state index in [1.165, 1.54) is 0 Å². The summed E-state index contributed by atoms with van der Waals surface area (Å²) in [6.07, 6.45) is -0.0514. The smallest absolute Gasteiger partial charge is 0.305 e. The number of hydrogen-bond acceptors (Lipinski definition) is 2. The molecule has 1 amide bonds. The van der Waals surface area contributed by atoms with Crippen molar-refractivity contribution in [3.63, 3.8) is 0 Å². The largest absolute Gasteiger partial charge is 0.481 e. The molecule has 5 nitrogen and oxygen atoms in total. The van der Waals surface area contributed by atoms with Crippen molar-refractivity contribution in [1.29, 1.82) is 0 Å². The van der Waals surface area contributed by atoms with E-state index in [1.54, 1.807) is 11.0 Å². The molecule has 0 unspecified atom stereocenters. The molecule has 0 aliphatic heterocycles. The van der Waals surface area contributed by atoms with E-state index >= 15 is 0 Å². The summed E-state index contributed by atoms with van der Waals surface area (Å²) in [5.74, 6) is -0.791. The van der Waals surface area contributed by atoms with Gasteiger partial charge in [-0.2, -0.15) is 0 Å². The molecule has 0 aliphatic rings. The summed E-state index contributed by atoms with van der Waals surface area (Å²) in [5, 5.41) is 9.79. The summed E-state index contributed by atoms with van der Waals surface area (Å²) >= 11 is 3.41. The van der Waals surface area contributed by atoms with Gasteiger partial charge in [-0.1, -0.05) is 29.8 Å². The van der Waals surface area contributed by atoms with Crippen molar-refractivity contribution in [3.8, 4) is 0 Å². The fraction of sp³-hybridized carbons (Fsp3) is 0.375. The number of aromatic nitrogens is 1. The molecule has 1 aromatic heterocycles. The molecule has 0 fully saturated rings. The predicted octanol–water partition coefficient (Wildman–Crippen LogP) is 3.50. The van der Waals surface area contributed by atoms with Crippen LogP contribution in [0, 0.1) is 5.92 Å². The molecule has 22 heavy (non-hydrogen) atoms. The minimum Gasteiger partial charge on any atom is -0.481 e. The molecule has 0 bridgehead atoms. The van der Waals surface area contributed by atoms with Crippen LogP contribution < -0.4 is 0 Å². The minimum atomic E-state index is -0.901. The SMILES string of the molecule is CC(C)CN(CCC(=O)O)C(=O)c1cc2cc(Br)ccc2[nH]1. The zero-order chi connectivity index (χ0) is 16.3. The van der Waals surface area contributed by atoms with Gasteiger partial charge in [0, 0.05) is 28.5 Å². The highest BCUT2D eigenvalue weighted by molar-refractivity contribution is 9.10. The lowest BCUT2D eigenvalue weighted by molar-refractivity contribution is -0.137.